The van der Waals surface area contributed by atoms with Crippen molar-refractivity contribution in [1.82, 2.24) is 19.9 Å². The molecule has 2 aliphatic rings. The van der Waals surface area contributed by atoms with Crippen LogP contribution < -0.4 is 10.0 Å². The maximum atomic E-state index is 15.1. The second-order valence-corrected chi connectivity index (χ2v) is 10.7. The van der Waals surface area contributed by atoms with Crippen LogP contribution in [0.15, 0.2) is 46.0 Å². The maximum Gasteiger partial charge on any atom is 0.323 e. The number of carbonyl (C=O) groups is 2. The third kappa shape index (κ3) is 6.14. The number of amides is 1. The number of nitrogens with zero attached hydrogens (tertiary/aromatic N) is 3. The molecule has 0 spiro atoms. The Labute approximate surface area is 226 Å². The lowest BCUT2D eigenvalue weighted by Gasteiger charge is -2.31. The molecule has 0 bridgehead atoms. The minimum atomic E-state index is -1.62. The van der Waals surface area contributed by atoms with Gasteiger partial charge in [0, 0.05) is 53.6 Å². The zero-order valence-electron chi connectivity index (χ0n) is 20.4. The monoisotopic (exact) mass is 569 g/mol. The van der Waals surface area contributed by atoms with Gasteiger partial charge < -0.3 is 10.1 Å². The number of carbonyl (C=O) groups excluding carboxylic acids is 2. The van der Waals surface area contributed by atoms with E-state index in [9.17, 15) is 14.0 Å². The molecule has 1 aromatic carbocycles. The van der Waals surface area contributed by atoms with E-state index >= 15 is 4.39 Å². The molecule has 8 nitrogen and oxygen atoms in total. The molecule has 3 unspecified atom stereocenters. The fourth-order valence-corrected chi connectivity index (χ4v) is 5.66. The van der Waals surface area contributed by atoms with Crippen LogP contribution in [0.5, 0.6) is 0 Å². The lowest BCUT2D eigenvalue weighted by Crippen LogP contribution is -2.44. The van der Waals surface area contributed by atoms with Gasteiger partial charge in [0.15, 0.2) is 10.8 Å². The maximum absolute atomic E-state index is 15.1. The molecule has 3 heterocycles. The number of alkyl halides is 1. The number of thiazole rings is 1. The molecule has 0 saturated carbocycles. The van der Waals surface area contributed by atoms with Gasteiger partial charge in [-0.15, -0.1) is 11.3 Å². The molecule has 13 heteroatoms. The third-order valence-corrected chi connectivity index (χ3v) is 7.47. The summed E-state index contributed by atoms with van der Waals surface area (Å²) >= 11 is 8.85. The molecule has 2 aromatic rings. The molecular formula is C24H26ClF2N5O3S2. The molecule has 37 heavy (non-hydrogen) atoms. The molecule has 1 aromatic heterocycles. The number of benzene rings is 1. The van der Waals surface area contributed by atoms with E-state index in [1.807, 2.05) is 0 Å². The molecule has 1 saturated heterocycles. The lowest BCUT2D eigenvalue weighted by atomic mass is 9.94. The van der Waals surface area contributed by atoms with Crippen LogP contribution in [-0.2, 0) is 14.3 Å². The number of ether oxygens (including phenoxy) is 1. The van der Waals surface area contributed by atoms with E-state index in [0.717, 1.165) is 18.0 Å². The predicted octanol–water partition coefficient (Wildman–Crippen LogP) is 4.04. The third-order valence-electron chi connectivity index (χ3n) is 5.97. The predicted molar refractivity (Wildman–Crippen MR) is 141 cm³/mol. The normalized spacial score (nSPS) is 24.0. The van der Waals surface area contributed by atoms with E-state index in [1.54, 1.807) is 29.7 Å². The summed E-state index contributed by atoms with van der Waals surface area (Å²) < 4.78 is 36.9. The topological polar surface area (TPSA) is 95.9 Å². The van der Waals surface area contributed by atoms with Crippen molar-refractivity contribution in [3.05, 3.63) is 62.5 Å². The van der Waals surface area contributed by atoms with Crippen LogP contribution in [0.25, 0.3) is 0 Å². The van der Waals surface area contributed by atoms with Crippen LogP contribution >= 0.6 is 34.9 Å². The van der Waals surface area contributed by atoms with Crippen molar-refractivity contribution in [2.75, 3.05) is 26.0 Å². The van der Waals surface area contributed by atoms with Crippen molar-refractivity contribution in [2.24, 2.45) is 4.99 Å². The van der Waals surface area contributed by atoms with Crippen molar-refractivity contribution in [3.63, 3.8) is 0 Å². The van der Waals surface area contributed by atoms with E-state index in [1.165, 1.54) is 30.4 Å². The number of amidine groups is 1. The molecule has 1 fully saturated rings. The van der Waals surface area contributed by atoms with Crippen LogP contribution in [0.4, 0.5) is 8.78 Å². The first-order valence-corrected chi connectivity index (χ1v) is 14.0. The molecular weight excluding hydrogens is 544 g/mol. The van der Waals surface area contributed by atoms with E-state index in [0.29, 0.717) is 22.1 Å². The van der Waals surface area contributed by atoms with Crippen molar-refractivity contribution in [2.45, 2.75) is 38.0 Å². The molecule has 1 amide bonds. The van der Waals surface area contributed by atoms with Crippen LogP contribution in [0.3, 0.4) is 0 Å². The van der Waals surface area contributed by atoms with Gasteiger partial charge in [-0.3, -0.25) is 24.2 Å². The van der Waals surface area contributed by atoms with Crippen LogP contribution in [0.2, 0.25) is 5.02 Å². The number of hydrogen-bond acceptors (Lipinski definition) is 9. The molecule has 2 N–H and O–H groups in total. The van der Waals surface area contributed by atoms with Gasteiger partial charge in [-0.2, -0.15) is 0 Å². The number of aromatic nitrogens is 1. The Kier molecular flexibility index (Phi) is 8.52. The molecule has 4 rings (SSSR count). The fourth-order valence-electron chi connectivity index (χ4n) is 4.50. The Morgan fingerprint density at radius 2 is 2.22 bits per heavy atom. The minimum Gasteiger partial charge on any atom is -0.465 e. The SMILES string of the molecule is CCOC(=O)C1CC(C)(F)CN1CC1=C(C(=O)NSC)C(c2ccc(F)cc2Cl)N=C(c2nccs2)N1. The summed E-state index contributed by atoms with van der Waals surface area (Å²) in [5.74, 6) is -1.12. The van der Waals surface area contributed by atoms with Crippen LogP contribution in [0.1, 0.15) is 36.9 Å². The summed E-state index contributed by atoms with van der Waals surface area (Å²) in [6.45, 7) is 3.29. The van der Waals surface area contributed by atoms with Crippen molar-refractivity contribution in [3.8, 4) is 0 Å². The van der Waals surface area contributed by atoms with Crippen molar-refractivity contribution >= 4 is 52.6 Å². The highest BCUT2D eigenvalue weighted by Gasteiger charge is 2.46. The number of halogens is 3. The fraction of sp³-hybridized carbons (Fsp3) is 0.417. The number of likely N-dealkylation sites (tertiary alicyclic amines) is 1. The zero-order chi connectivity index (χ0) is 26.7. The van der Waals surface area contributed by atoms with Gasteiger partial charge in [0.1, 0.15) is 23.6 Å². The first-order chi connectivity index (χ1) is 17.6. The Bertz CT molecular complexity index is 1240. The average Bonchev–Trinajstić information content (AvgIpc) is 3.47. The van der Waals surface area contributed by atoms with Gasteiger partial charge in [0.25, 0.3) is 5.91 Å². The van der Waals surface area contributed by atoms with Gasteiger partial charge in [-0.1, -0.05) is 29.6 Å². The largest absolute Gasteiger partial charge is 0.465 e. The summed E-state index contributed by atoms with van der Waals surface area (Å²) in [6, 6.07) is 2.15. The average molecular weight is 570 g/mol. The Balaban J connectivity index is 1.82. The Hall–Kier alpha value is -2.54. The van der Waals surface area contributed by atoms with Gasteiger partial charge in [0.05, 0.1) is 12.2 Å². The molecule has 0 aliphatic carbocycles. The van der Waals surface area contributed by atoms with Crippen LogP contribution in [0, 0.1) is 5.82 Å². The van der Waals surface area contributed by atoms with Crippen molar-refractivity contribution < 1.29 is 23.1 Å². The second-order valence-electron chi connectivity index (χ2n) is 8.83. The molecule has 3 atom stereocenters. The highest BCUT2D eigenvalue weighted by molar-refractivity contribution is 7.97. The summed E-state index contributed by atoms with van der Waals surface area (Å²) in [7, 11) is 0. The first-order valence-electron chi connectivity index (χ1n) is 11.5. The number of rotatable bonds is 8. The van der Waals surface area contributed by atoms with Gasteiger partial charge in [0.2, 0.25) is 0 Å². The second kappa shape index (κ2) is 11.5. The smallest absolute Gasteiger partial charge is 0.323 e. The highest BCUT2D eigenvalue weighted by atomic mass is 35.5. The molecule has 2 aliphatic heterocycles. The number of aliphatic imine (C=N–C) groups is 1. The van der Waals surface area contributed by atoms with E-state index in [2.05, 4.69) is 15.0 Å². The quantitative estimate of drug-likeness (QED) is 0.366. The van der Waals surface area contributed by atoms with E-state index < -0.39 is 35.4 Å². The van der Waals surface area contributed by atoms with Crippen molar-refractivity contribution in [1.29, 1.82) is 0 Å². The van der Waals surface area contributed by atoms with Gasteiger partial charge in [-0.25, -0.2) is 13.8 Å². The zero-order valence-corrected chi connectivity index (χ0v) is 22.8. The van der Waals surface area contributed by atoms with E-state index in [-0.39, 0.29) is 36.7 Å². The summed E-state index contributed by atoms with van der Waals surface area (Å²) in [5.41, 5.74) is -0.580. The summed E-state index contributed by atoms with van der Waals surface area (Å²) in [6.07, 6.45) is 3.28. The van der Waals surface area contributed by atoms with Gasteiger partial charge >= 0.3 is 5.97 Å². The standard InChI is InChI=1S/C24H26ClF2N5O3S2/c1-4-35-23(34)17-10-24(2,27)12-32(17)11-16-18(21(33)31-36-3)19(14-6-5-13(26)9-15(14)25)30-20(29-16)22-28-7-8-37-22/h5-9,17,19H,4,10-12H2,1-3H3,(H,29,30)(H,31,33). The van der Waals surface area contributed by atoms with Gasteiger partial charge in [-0.05, 0) is 26.0 Å². The lowest BCUT2D eigenvalue weighted by molar-refractivity contribution is -0.148. The Morgan fingerprint density at radius 3 is 2.86 bits per heavy atom. The number of esters is 1. The summed E-state index contributed by atoms with van der Waals surface area (Å²) in [4.78, 5) is 36.8. The first kappa shape index (κ1) is 27.5. The number of nitrogens with one attached hydrogen (secondary N) is 2. The van der Waals surface area contributed by atoms with Crippen LogP contribution in [-0.4, -0.2) is 65.3 Å². The minimum absolute atomic E-state index is 0.0276. The van der Waals surface area contributed by atoms with E-state index in [4.69, 9.17) is 21.3 Å². The molecule has 0 radical (unpaired) electrons. The molecule has 198 valence electrons. The Morgan fingerprint density at radius 1 is 1.43 bits per heavy atom. The highest BCUT2D eigenvalue weighted by Crippen LogP contribution is 2.38. The summed E-state index contributed by atoms with van der Waals surface area (Å²) in [5, 5.41) is 5.64. The number of hydrogen-bond donors (Lipinski definition) is 2.